The fourth-order valence-corrected chi connectivity index (χ4v) is 2.37. The second-order valence-electron chi connectivity index (χ2n) is 3.37. The molecule has 0 aliphatic rings. The highest BCUT2D eigenvalue weighted by Crippen LogP contribution is 2.44. The Morgan fingerprint density at radius 3 is 2.06 bits per heavy atom. The second kappa shape index (κ2) is 4.95. The van der Waals surface area contributed by atoms with Crippen molar-refractivity contribution in [3.8, 4) is 16.9 Å². The Morgan fingerprint density at radius 1 is 0.765 bits per heavy atom. The maximum atomic E-state index is 9.76. The van der Waals surface area contributed by atoms with Crippen molar-refractivity contribution in [2.75, 3.05) is 0 Å². The monoisotopic (exact) mass is 306 g/mol. The summed E-state index contributed by atoms with van der Waals surface area (Å²) in [5.74, 6) is 0.101. The average Bonchev–Trinajstić information content (AvgIpc) is 2.32. The molecule has 0 amide bonds. The van der Waals surface area contributed by atoms with Crippen LogP contribution in [0.4, 0.5) is 0 Å². The van der Waals surface area contributed by atoms with Crippen molar-refractivity contribution < 1.29 is 5.11 Å². The molecule has 0 atom stereocenters. The van der Waals surface area contributed by atoms with E-state index in [1.54, 1.807) is 30.3 Å². The molecule has 0 aromatic heterocycles. The number of para-hydroxylation sites is 1. The molecule has 1 nitrogen and oxygen atoms in total. The number of hydrogen-bond donors (Lipinski definition) is 1. The fraction of sp³-hybridized carbons (Fsp3) is 0. The van der Waals surface area contributed by atoms with Gasteiger partial charge >= 0.3 is 0 Å². The number of rotatable bonds is 1. The molecule has 17 heavy (non-hydrogen) atoms. The smallest absolute Gasteiger partial charge is 0.123 e. The molecule has 88 valence electrons. The van der Waals surface area contributed by atoms with Crippen molar-refractivity contribution in [2.24, 2.45) is 0 Å². The van der Waals surface area contributed by atoms with Crippen LogP contribution in [0, 0.1) is 0 Å². The van der Waals surface area contributed by atoms with Crippen molar-refractivity contribution >= 4 is 46.4 Å². The maximum absolute atomic E-state index is 9.76. The van der Waals surface area contributed by atoms with Crippen LogP contribution in [-0.4, -0.2) is 5.11 Å². The Balaban J connectivity index is 2.73. The van der Waals surface area contributed by atoms with Gasteiger partial charge in [0.05, 0.1) is 20.1 Å². The molecule has 5 heteroatoms. The number of aromatic hydroxyl groups is 1. The fourth-order valence-electron chi connectivity index (χ4n) is 1.47. The molecule has 0 fully saturated rings. The summed E-state index contributed by atoms with van der Waals surface area (Å²) in [6.07, 6.45) is 0. The third-order valence-corrected chi connectivity index (χ3v) is 4.05. The van der Waals surface area contributed by atoms with Crippen LogP contribution in [0.1, 0.15) is 0 Å². The lowest BCUT2D eigenvalue weighted by Crippen LogP contribution is -1.84. The summed E-state index contributed by atoms with van der Waals surface area (Å²) in [6.45, 7) is 0. The zero-order valence-electron chi connectivity index (χ0n) is 8.35. The minimum atomic E-state index is 0.101. The van der Waals surface area contributed by atoms with Crippen LogP contribution in [0.2, 0.25) is 20.1 Å². The molecule has 0 saturated heterocycles. The minimum absolute atomic E-state index is 0.101. The first-order valence-corrected chi connectivity index (χ1v) is 6.15. The Hall–Kier alpha value is -0.600. The summed E-state index contributed by atoms with van der Waals surface area (Å²) in [6, 6.07) is 8.35. The van der Waals surface area contributed by atoms with E-state index in [1.165, 1.54) is 0 Å². The second-order valence-corrected chi connectivity index (χ2v) is 4.91. The highest BCUT2D eigenvalue weighted by molar-refractivity contribution is 6.52. The largest absolute Gasteiger partial charge is 0.507 e. The van der Waals surface area contributed by atoms with Crippen LogP contribution in [0.15, 0.2) is 30.3 Å². The van der Waals surface area contributed by atoms with E-state index in [2.05, 4.69) is 0 Å². The number of phenols is 1. The normalized spacial score (nSPS) is 10.6. The summed E-state index contributed by atoms with van der Waals surface area (Å²) in [5.41, 5.74) is 1.10. The SMILES string of the molecule is Oc1ccccc1-c1cc(Cl)c(Cl)c(Cl)c1Cl. The van der Waals surface area contributed by atoms with Crippen LogP contribution in [0.3, 0.4) is 0 Å². The van der Waals surface area contributed by atoms with Gasteiger partial charge in [0.25, 0.3) is 0 Å². The standard InChI is InChI=1S/C12H6Cl4O/c13-8-5-7(10(14)12(16)11(8)15)6-3-1-2-4-9(6)17/h1-5,17H. The van der Waals surface area contributed by atoms with E-state index < -0.39 is 0 Å². The molecule has 2 aromatic rings. The van der Waals surface area contributed by atoms with Crippen molar-refractivity contribution in [1.82, 2.24) is 0 Å². The Bertz CT molecular complexity index is 581. The van der Waals surface area contributed by atoms with Gasteiger partial charge in [0, 0.05) is 11.1 Å². The van der Waals surface area contributed by atoms with Crippen molar-refractivity contribution in [1.29, 1.82) is 0 Å². The Kier molecular flexibility index (Phi) is 3.74. The molecule has 0 radical (unpaired) electrons. The summed E-state index contributed by atoms with van der Waals surface area (Å²) in [7, 11) is 0. The molecule has 2 aromatic carbocycles. The van der Waals surface area contributed by atoms with Crippen LogP contribution >= 0.6 is 46.4 Å². The summed E-state index contributed by atoms with van der Waals surface area (Å²) < 4.78 is 0. The van der Waals surface area contributed by atoms with Crippen LogP contribution < -0.4 is 0 Å². The first-order valence-electron chi connectivity index (χ1n) is 4.63. The van der Waals surface area contributed by atoms with E-state index >= 15 is 0 Å². The lowest BCUT2D eigenvalue weighted by molar-refractivity contribution is 0.477. The van der Waals surface area contributed by atoms with Gasteiger partial charge in [-0.25, -0.2) is 0 Å². The maximum Gasteiger partial charge on any atom is 0.123 e. The predicted molar refractivity (Wildman–Crippen MR) is 73.6 cm³/mol. The Morgan fingerprint density at radius 2 is 1.41 bits per heavy atom. The van der Waals surface area contributed by atoms with Gasteiger partial charge in [0.15, 0.2) is 0 Å². The topological polar surface area (TPSA) is 20.2 Å². The zero-order valence-corrected chi connectivity index (χ0v) is 11.4. The van der Waals surface area contributed by atoms with Gasteiger partial charge in [-0.05, 0) is 12.1 Å². The van der Waals surface area contributed by atoms with Gasteiger partial charge in [-0.1, -0.05) is 64.6 Å². The van der Waals surface area contributed by atoms with Gasteiger partial charge in [-0.2, -0.15) is 0 Å². The summed E-state index contributed by atoms with van der Waals surface area (Å²) >= 11 is 23.9. The van der Waals surface area contributed by atoms with E-state index in [-0.39, 0.29) is 20.8 Å². The number of benzene rings is 2. The molecule has 0 unspecified atom stereocenters. The quantitative estimate of drug-likeness (QED) is 0.531. The molecule has 1 N–H and O–H groups in total. The molecule has 0 spiro atoms. The van der Waals surface area contributed by atoms with E-state index in [9.17, 15) is 5.11 Å². The predicted octanol–water partition coefficient (Wildman–Crippen LogP) is 5.67. The lowest BCUT2D eigenvalue weighted by atomic mass is 10.0. The zero-order chi connectivity index (χ0) is 12.6. The van der Waals surface area contributed by atoms with E-state index in [0.717, 1.165) is 0 Å². The Labute approximate surface area is 118 Å². The van der Waals surface area contributed by atoms with Crippen LogP contribution in [0.5, 0.6) is 5.75 Å². The lowest BCUT2D eigenvalue weighted by Gasteiger charge is -2.10. The third kappa shape index (κ3) is 2.34. The van der Waals surface area contributed by atoms with Gasteiger partial charge < -0.3 is 5.11 Å². The molecule has 0 aliphatic carbocycles. The van der Waals surface area contributed by atoms with Gasteiger partial charge in [-0.3, -0.25) is 0 Å². The van der Waals surface area contributed by atoms with E-state index in [1.807, 2.05) is 0 Å². The molecule has 0 heterocycles. The van der Waals surface area contributed by atoms with Gasteiger partial charge in [0.2, 0.25) is 0 Å². The molecule has 2 rings (SSSR count). The molecule has 0 saturated carbocycles. The van der Waals surface area contributed by atoms with Crippen LogP contribution in [0.25, 0.3) is 11.1 Å². The minimum Gasteiger partial charge on any atom is -0.507 e. The number of halogens is 4. The van der Waals surface area contributed by atoms with Crippen molar-refractivity contribution in [3.05, 3.63) is 50.4 Å². The van der Waals surface area contributed by atoms with E-state index in [4.69, 9.17) is 46.4 Å². The number of phenolic OH excluding ortho intramolecular Hbond substituents is 1. The van der Waals surface area contributed by atoms with Gasteiger partial charge in [0.1, 0.15) is 5.75 Å². The molecular weight excluding hydrogens is 302 g/mol. The molecule has 0 bridgehead atoms. The average molecular weight is 308 g/mol. The van der Waals surface area contributed by atoms with Crippen molar-refractivity contribution in [2.45, 2.75) is 0 Å². The summed E-state index contributed by atoms with van der Waals surface area (Å²) in [4.78, 5) is 0. The van der Waals surface area contributed by atoms with Crippen LogP contribution in [-0.2, 0) is 0 Å². The number of hydrogen-bond acceptors (Lipinski definition) is 1. The van der Waals surface area contributed by atoms with E-state index in [0.29, 0.717) is 16.1 Å². The highest BCUT2D eigenvalue weighted by atomic mass is 35.5. The van der Waals surface area contributed by atoms with Crippen molar-refractivity contribution in [3.63, 3.8) is 0 Å². The third-order valence-electron chi connectivity index (χ3n) is 2.30. The summed E-state index contributed by atoms with van der Waals surface area (Å²) in [5, 5.41) is 10.7. The van der Waals surface area contributed by atoms with Gasteiger partial charge in [-0.15, -0.1) is 0 Å². The first kappa shape index (κ1) is 12.8. The first-order chi connectivity index (χ1) is 8.02. The molecular formula is C12H6Cl4O. The highest BCUT2D eigenvalue weighted by Gasteiger charge is 2.16. The molecule has 0 aliphatic heterocycles.